The average molecular weight is 280 g/mol. The molecule has 2 aromatic rings. The Labute approximate surface area is 114 Å². The molecule has 0 aliphatic rings. The first-order chi connectivity index (χ1) is 9.10. The smallest absolute Gasteiger partial charge is 0.275 e. The first-order valence-corrected chi connectivity index (χ1v) is 6.40. The van der Waals surface area contributed by atoms with Crippen molar-refractivity contribution in [3.05, 3.63) is 51.5 Å². The number of nitrogens with two attached hydrogens (primary N) is 1. The van der Waals surface area contributed by atoms with Crippen LogP contribution in [-0.2, 0) is 6.61 Å². The van der Waals surface area contributed by atoms with E-state index in [1.54, 1.807) is 24.3 Å². The molecule has 0 bridgehead atoms. The van der Waals surface area contributed by atoms with E-state index in [2.05, 4.69) is 5.43 Å². The number of carbonyl (C=O) groups is 1. The van der Waals surface area contributed by atoms with Crippen molar-refractivity contribution < 1.29 is 13.9 Å². The lowest BCUT2D eigenvalue weighted by atomic mass is 10.2. The molecule has 100 valence electrons. The topological polar surface area (TPSA) is 64.3 Å². The number of amides is 1. The Bertz CT molecular complexity index is 598. The number of nitrogen functional groups attached to an aromatic ring is 1. The van der Waals surface area contributed by atoms with Crippen LogP contribution < -0.4 is 16.0 Å². The van der Waals surface area contributed by atoms with Crippen LogP contribution in [0.1, 0.15) is 20.1 Å². The number of benzene rings is 1. The van der Waals surface area contributed by atoms with Crippen LogP contribution in [0.5, 0.6) is 5.75 Å². The van der Waals surface area contributed by atoms with Crippen molar-refractivity contribution in [2.45, 2.75) is 13.5 Å². The van der Waals surface area contributed by atoms with Crippen molar-refractivity contribution in [2.24, 2.45) is 5.84 Å². The van der Waals surface area contributed by atoms with E-state index in [1.807, 2.05) is 6.92 Å². The standard InChI is InChI=1S/C13H13FN2O2S/c1-8-2-4-10(14)11(6-8)18-7-9-3-5-12(19-9)13(17)16-15/h2-6H,7,15H2,1H3,(H,16,17). The number of hydrogen-bond donors (Lipinski definition) is 2. The molecule has 6 heteroatoms. The maximum atomic E-state index is 13.5. The maximum Gasteiger partial charge on any atom is 0.275 e. The third-order valence-corrected chi connectivity index (χ3v) is 3.53. The van der Waals surface area contributed by atoms with Crippen LogP contribution in [0, 0.1) is 12.7 Å². The van der Waals surface area contributed by atoms with Crippen molar-refractivity contribution in [1.82, 2.24) is 5.43 Å². The zero-order valence-corrected chi connectivity index (χ0v) is 11.1. The highest BCUT2D eigenvalue weighted by Crippen LogP contribution is 2.22. The van der Waals surface area contributed by atoms with Gasteiger partial charge in [0, 0.05) is 4.88 Å². The van der Waals surface area contributed by atoms with Crippen LogP contribution in [0.15, 0.2) is 30.3 Å². The molecule has 0 aliphatic heterocycles. The second-order valence-electron chi connectivity index (χ2n) is 3.96. The van der Waals surface area contributed by atoms with Crippen molar-refractivity contribution in [3.8, 4) is 5.75 Å². The Morgan fingerprint density at radius 2 is 2.21 bits per heavy atom. The number of rotatable bonds is 4. The highest BCUT2D eigenvalue weighted by atomic mass is 32.1. The number of halogens is 1. The molecule has 4 nitrogen and oxygen atoms in total. The number of carbonyl (C=O) groups excluding carboxylic acids is 1. The van der Waals surface area contributed by atoms with Crippen molar-refractivity contribution >= 4 is 17.2 Å². The fourth-order valence-electron chi connectivity index (χ4n) is 1.52. The van der Waals surface area contributed by atoms with E-state index in [1.165, 1.54) is 17.4 Å². The van der Waals surface area contributed by atoms with Crippen LogP contribution in [0.4, 0.5) is 4.39 Å². The predicted molar refractivity (Wildman–Crippen MR) is 71.4 cm³/mol. The summed E-state index contributed by atoms with van der Waals surface area (Å²) < 4.78 is 18.9. The molecule has 0 radical (unpaired) electrons. The van der Waals surface area contributed by atoms with Crippen LogP contribution in [-0.4, -0.2) is 5.91 Å². The number of hydrogen-bond acceptors (Lipinski definition) is 4. The molecule has 0 fully saturated rings. The molecular weight excluding hydrogens is 267 g/mol. The van der Waals surface area contributed by atoms with Crippen LogP contribution in [0.3, 0.4) is 0 Å². The van der Waals surface area contributed by atoms with Gasteiger partial charge in [0.2, 0.25) is 0 Å². The molecule has 0 spiro atoms. The minimum absolute atomic E-state index is 0.207. The van der Waals surface area contributed by atoms with E-state index in [0.29, 0.717) is 4.88 Å². The van der Waals surface area contributed by atoms with E-state index in [9.17, 15) is 9.18 Å². The van der Waals surface area contributed by atoms with E-state index >= 15 is 0 Å². The third kappa shape index (κ3) is 3.30. The summed E-state index contributed by atoms with van der Waals surface area (Å²) in [7, 11) is 0. The zero-order valence-electron chi connectivity index (χ0n) is 10.3. The second kappa shape index (κ2) is 5.81. The Hall–Kier alpha value is -1.92. The van der Waals surface area contributed by atoms with Gasteiger partial charge in [-0.15, -0.1) is 11.3 Å². The zero-order chi connectivity index (χ0) is 13.8. The fraction of sp³-hybridized carbons (Fsp3) is 0.154. The molecule has 0 saturated carbocycles. The lowest BCUT2D eigenvalue weighted by Gasteiger charge is -2.06. The third-order valence-electron chi connectivity index (χ3n) is 2.47. The summed E-state index contributed by atoms with van der Waals surface area (Å²) >= 11 is 1.26. The lowest BCUT2D eigenvalue weighted by Crippen LogP contribution is -2.29. The van der Waals surface area contributed by atoms with Gasteiger partial charge < -0.3 is 4.74 Å². The number of ether oxygens (including phenoxy) is 1. The Kier molecular flexibility index (Phi) is 4.13. The summed E-state index contributed by atoms with van der Waals surface area (Å²) in [6, 6.07) is 8.08. The SMILES string of the molecule is Cc1ccc(F)c(OCc2ccc(C(=O)NN)s2)c1. The molecule has 1 amide bonds. The van der Waals surface area contributed by atoms with Gasteiger partial charge in [-0.3, -0.25) is 10.2 Å². The predicted octanol–water partition coefficient (Wildman–Crippen LogP) is 2.38. The number of nitrogens with one attached hydrogen (secondary N) is 1. The summed E-state index contributed by atoms with van der Waals surface area (Å²) in [5, 5.41) is 0. The molecule has 1 aromatic carbocycles. The minimum atomic E-state index is -0.401. The molecule has 0 aliphatic carbocycles. The van der Waals surface area contributed by atoms with Crippen LogP contribution >= 0.6 is 11.3 Å². The first-order valence-electron chi connectivity index (χ1n) is 5.59. The molecule has 1 heterocycles. The summed E-state index contributed by atoms with van der Waals surface area (Å²) in [5.74, 6) is 4.50. The molecule has 0 unspecified atom stereocenters. The number of hydrazine groups is 1. The van der Waals surface area contributed by atoms with Gasteiger partial charge in [-0.2, -0.15) is 0 Å². The van der Waals surface area contributed by atoms with E-state index in [-0.39, 0.29) is 18.3 Å². The summed E-state index contributed by atoms with van der Waals surface area (Å²) in [5.41, 5.74) is 2.98. The lowest BCUT2D eigenvalue weighted by molar-refractivity contribution is 0.0957. The maximum absolute atomic E-state index is 13.5. The summed E-state index contributed by atoms with van der Waals surface area (Å²) in [6.45, 7) is 2.07. The van der Waals surface area contributed by atoms with Gasteiger partial charge in [0.15, 0.2) is 11.6 Å². The average Bonchev–Trinajstić information content (AvgIpc) is 2.88. The Morgan fingerprint density at radius 3 is 2.95 bits per heavy atom. The van der Waals surface area contributed by atoms with Crippen LogP contribution in [0.25, 0.3) is 0 Å². The van der Waals surface area contributed by atoms with Crippen molar-refractivity contribution in [3.63, 3.8) is 0 Å². The summed E-state index contributed by atoms with van der Waals surface area (Å²) in [6.07, 6.45) is 0. The monoisotopic (exact) mass is 280 g/mol. The molecular formula is C13H13FN2O2S. The van der Waals surface area contributed by atoms with Crippen molar-refractivity contribution in [1.29, 1.82) is 0 Å². The quantitative estimate of drug-likeness (QED) is 0.513. The van der Waals surface area contributed by atoms with Gasteiger partial charge in [-0.1, -0.05) is 6.07 Å². The molecule has 2 rings (SSSR count). The highest BCUT2D eigenvalue weighted by molar-refractivity contribution is 7.14. The van der Waals surface area contributed by atoms with Gasteiger partial charge in [-0.25, -0.2) is 10.2 Å². The van der Waals surface area contributed by atoms with Gasteiger partial charge in [0.05, 0.1) is 4.88 Å². The van der Waals surface area contributed by atoms with Gasteiger partial charge >= 0.3 is 0 Å². The van der Waals surface area contributed by atoms with E-state index in [0.717, 1.165) is 10.4 Å². The van der Waals surface area contributed by atoms with E-state index < -0.39 is 5.82 Å². The highest BCUT2D eigenvalue weighted by Gasteiger charge is 2.09. The van der Waals surface area contributed by atoms with E-state index in [4.69, 9.17) is 10.6 Å². The largest absolute Gasteiger partial charge is 0.485 e. The van der Waals surface area contributed by atoms with Crippen LogP contribution in [0.2, 0.25) is 0 Å². The molecule has 0 saturated heterocycles. The normalized spacial score (nSPS) is 10.3. The molecule has 19 heavy (non-hydrogen) atoms. The summed E-state index contributed by atoms with van der Waals surface area (Å²) in [4.78, 5) is 12.6. The molecule has 1 aromatic heterocycles. The van der Waals surface area contributed by atoms with Gasteiger partial charge in [-0.05, 0) is 36.8 Å². The Balaban J connectivity index is 2.04. The molecule has 0 atom stereocenters. The van der Waals surface area contributed by atoms with Crippen molar-refractivity contribution in [2.75, 3.05) is 0 Å². The Morgan fingerprint density at radius 1 is 1.42 bits per heavy atom. The van der Waals surface area contributed by atoms with Gasteiger partial charge in [0.25, 0.3) is 5.91 Å². The van der Waals surface area contributed by atoms with Gasteiger partial charge in [0.1, 0.15) is 6.61 Å². The fourth-order valence-corrected chi connectivity index (χ4v) is 2.34. The number of aryl methyl sites for hydroxylation is 1. The second-order valence-corrected chi connectivity index (χ2v) is 5.13. The first kappa shape index (κ1) is 13.5. The minimum Gasteiger partial charge on any atom is -0.485 e. The molecule has 3 N–H and O–H groups in total. The number of thiophene rings is 1.